The number of aryl methyl sites for hydroxylation is 2. The molecule has 0 N–H and O–H groups in total. The Morgan fingerprint density at radius 2 is 1.44 bits per heavy atom. The number of ether oxygens (including phenoxy) is 1. The third kappa shape index (κ3) is 3.00. The normalized spacial score (nSPS) is 11.8. The molecule has 0 saturated heterocycles. The molecule has 0 aliphatic carbocycles. The zero-order chi connectivity index (χ0) is 22.5. The molecule has 5 rings (SSSR count). The van der Waals surface area contributed by atoms with E-state index in [9.17, 15) is 8.42 Å². The van der Waals surface area contributed by atoms with E-state index < -0.39 is 10.0 Å². The molecule has 0 bridgehead atoms. The zero-order valence-electron chi connectivity index (χ0n) is 18.2. The van der Waals surface area contributed by atoms with Gasteiger partial charge in [-0.1, -0.05) is 66.2 Å². The van der Waals surface area contributed by atoms with Crippen molar-refractivity contribution >= 4 is 31.8 Å². The van der Waals surface area contributed by atoms with Crippen LogP contribution in [0.5, 0.6) is 5.75 Å². The Bertz CT molecular complexity index is 1570. The lowest BCUT2D eigenvalue weighted by atomic mass is 9.98. The van der Waals surface area contributed by atoms with Crippen LogP contribution in [-0.2, 0) is 10.0 Å². The van der Waals surface area contributed by atoms with Crippen LogP contribution in [-0.4, -0.2) is 19.5 Å². The van der Waals surface area contributed by atoms with Gasteiger partial charge in [0, 0.05) is 16.3 Å². The summed E-state index contributed by atoms with van der Waals surface area (Å²) in [5, 5.41) is 1.77. The van der Waals surface area contributed by atoms with Crippen molar-refractivity contribution in [3.05, 3.63) is 96.1 Å². The van der Waals surface area contributed by atoms with Crippen LogP contribution in [0, 0.1) is 13.8 Å². The molecular weight excluding hydrogens is 418 g/mol. The Morgan fingerprint density at radius 3 is 2.12 bits per heavy atom. The van der Waals surface area contributed by atoms with Gasteiger partial charge in [0.15, 0.2) is 0 Å². The summed E-state index contributed by atoms with van der Waals surface area (Å²) < 4.78 is 35.3. The predicted octanol–water partition coefficient (Wildman–Crippen LogP) is 6.32. The van der Waals surface area contributed by atoms with Crippen LogP contribution in [0.3, 0.4) is 0 Å². The van der Waals surface area contributed by atoms with Gasteiger partial charge in [-0.15, -0.1) is 0 Å². The molecule has 1 heterocycles. The lowest BCUT2D eigenvalue weighted by Gasteiger charge is -2.17. The summed E-state index contributed by atoms with van der Waals surface area (Å²) in [5.74, 6) is 0.673. The van der Waals surface area contributed by atoms with Crippen molar-refractivity contribution < 1.29 is 13.2 Å². The number of rotatable bonds is 4. The smallest absolute Gasteiger partial charge is 0.268 e. The Balaban J connectivity index is 2.02. The molecule has 0 atom stereocenters. The molecule has 1 aromatic heterocycles. The first-order valence-electron chi connectivity index (χ1n) is 10.4. The second-order valence-electron chi connectivity index (χ2n) is 7.96. The van der Waals surface area contributed by atoms with E-state index in [-0.39, 0.29) is 4.90 Å². The van der Waals surface area contributed by atoms with Crippen LogP contribution >= 0.6 is 0 Å². The topological polar surface area (TPSA) is 48.3 Å². The number of methoxy groups -OCH3 is 1. The monoisotopic (exact) mass is 441 g/mol. The van der Waals surface area contributed by atoms with Crippen molar-refractivity contribution in [2.24, 2.45) is 0 Å². The predicted molar refractivity (Wildman–Crippen MR) is 130 cm³/mol. The van der Waals surface area contributed by atoms with Crippen molar-refractivity contribution in [1.82, 2.24) is 3.97 Å². The van der Waals surface area contributed by atoms with E-state index >= 15 is 0 Å². The summed E-state index contributed by atoms with van der Waals surface area (Å²) in [6.07, 6.45) is 0. The van der Waals surface area contributed by atoms with E-state index in [4.69, 9.17) is 4.74 Å². The molecule has 160 valence electrons. The summed E-state index contributed by atoms with van der Waals surface area (Å²) in [5.41, 5.74) is 4.91. The first-order valence-corrected chi connectivity index (χ1v) is 11.9. The van der Waals surface area contributed by atoms with Crippen LogP contribution in [0.15, 0.2) is 89.8 Å². The summed E-state index contributed by atoms with van der Waals surface area (Å²) in [7, 11) is -2.25. The van der Waals surface area contributed by atoms with Gasteiger partial charge in [0.05, 0.1) is 23.0 Å². The lowest BCUT2D eigenvalue weighted by Crippen LogP contribution is -2.13. The van der Waals surface area contributed by atoms with Gasteiger partial charge >= 0.3 is 0 Å². The number of para-hydroxylation sites is 1. The maximum absolute atomic E-state index is 14.0. The molecule has 5 heteroatoms. The van der Waals surface area contributed by atoms with Crippen LogP contribution in [0.4, 0.5) is 0 Å². The minimum absolute atomic E-state index is 0.254. The van der Waals surface area contributed by atoms with E-state index in [1.165, 1.54) is 3.97 Å². The van der Waals surface area contributed by atoms with Crippen molar-refractivity contribution in [3.8, 4) is 16.9 Å². The quantitative estimate of drug-likeness (QED) is 0.328. The van der Waals surface area contributed by atoms with E-state index in [0.717, 1.165) is 33.0 Å². The fourth-order valence-electron chi connectivity index (χ4n) is 4.41. The number of fused-ring (bicyclic) bond motifs is 3. The van der Waals surface area contributed by atoms with Gasteiger partial charge < -0.3 is 4.74 Å². The minimum atomic E-state index is -3.87. The number of hydrogen-bond donors (Lipinski definition) is 0. The molecule has 0 spiro atoms. The fraction of sp³-hybridized carbons (Fsp3) is 0.111. The van der Waals surface area contributed by atoms with Crippen LogP contribution in [0.1, 0.15) is 11.1 Å². The molecular formula is C27H23NO3S. The highest BCUT2D eigenvalue weighted by atomic mass is 32.2. The Labute approximate surface area is 187 Å². The summed E-state index contributed by atoms with van der Waals surface area (Å²) >= 11 is 0. The van der Waals surface area contributed by atoms with Crippen LogP contribution < -0.4 is 4.74 Å². The summed E-state index contributed by atoms with van der Waals surface area (Å²) in [6.45, 7) is 3.93. The molecule has 0 aliphatic rings. The molecule has 4 nitrogen and oxygen atoms in total. The Kier molecular flexibility index (Phi) is 4.79. The van der Waals surface area contributed by atoms with E-state index in [0.29, 0.717) is 16.8 Å². The number of hydrogen-bond acceptors (Lipinski definition) is 3. The van der Waals surface area contributed by atoms with Crippen LogP contribution in [0.2, 0.25) is 0 Å². The first kappa shape index (κ1) is 20.3. The molecule has 0 aliphatic heterocycles. The second kappa shape index (κ2) is 7.53. The van der Waals surface area contributed by atoms with Gasteiger partial charge in [-0.25, -0.2) is 12.4 Å². The third-order valence-electron chi connectivity index (χ3n) is 5.88. The number of aromatic nitrogens is 1. The molecule has 0 saturated carbocycles. The molecule has 4 aromatic carbocycles. The Morgan fingerprint density at radius 1 is 0.781 bits per heavy atom. The van der Waals surface area contributed by atoms with Gasteiger partial charge in [0.2, 0.25) is 0 Å². The summed E-state index contributed by atoms with van der Waals surface area (Å²) in [6, 6.07) is 26.4. The van der Waals surface area contributed by atoms with Crippen LogP contribution in [0.25, 0.3) is 32.9 Å². The molecule has 32 heavy (non-hydrogen) atoms. The average Bonchev–Trinajstić information content (AvgIpc) is 3.13. The van der Waals surface area contributed by atoms with Gasteiger partial charge in [0.1, 0.15) is 5.75 Å². The highest BCUT2D eigenvalue weighted by molar-refractivity contribution is 7.90. The average molecular weight is 442 g/mol. The lowest BCUT2D eigenvalue weighted by molar-refractivity contribution is 0.414. The molecule has 0 amide bonds. The maximum atomic E-state index is 14.0. The molecule has 0 fully saturated rings. The van der Waals surface area contributed by atoms with E-state index in [1.807, 2.05) is 86.6 Å². The standard InChI is InChI=1S/C27H23NO3S/c1-18-13-15-21(16-14-18)32(29,30)28-24-12-8-7-11-22(24)23-17-19(2)27(31-3)25(26(23)28)20-9-5-4-6-10-20/h4-17H,1-3H3. The SMILES string of the molecule is COc1c(C)cc2c3ccccc3n(S(=O)(=O)c3ccc(C)cc3)c2c1-c1ccccc1. The molecule has 0 unspecified atom stereocenters. The maximum Gasteiger partial charge on any atom is 0.268 e. The van der Waals surface area contributed by atoms with Crippen molar-refractivity contribution in [1.29, 1.82) is 0 Å². The van der Waals surface area contributed by atoms with Gasteiger partial charge in [0.25, 0.3) is 10.0 Å². The number of nitrogens with zero attached hydrogens (tertiary/aromatic N) is 1. The Hall–Kier alpha value is -3.57. The zero-order valence-corrected chi connectivity index (χ0v) is 19.0. The molecule has 5 aromatic rings. The summed E-state index contributed by atoms with van der Waals surface area (Å²) in [4.78, 5) is 0.254. The van der Waals surface area contributed by atoms with E-state index in [2.05, 4.69) is 0 Å². The number of benzene rings is 4. The van der Waals surface area contributed by atoms with Crippen molar-refractivity contribution in [3.63, 3.8) is 0 Å². The highest BCUT2D eigenvalue weighted by Crippen LogP contribution is 2.44. The third-order valence-corrected chi connectivity index (χ3v) is 7.61. The fourth-order valence-corrected chi connectivity index (χ4v) is 5.94. The van der Waals surface area contributed by atoms with Gasteiger partial charge in [-0.2, -0.15) is 0 Å². The van der Waals surface area contributed by atoms with Crippen molar-refractivity contribution in [2.45, 2.75) is 18.7 Å². The largest absolute Gasteiger partial charge is 0.496 e. The first-order chi connectivity index (χ1) is 15.4. The van der Waals surface area contributed by atoms with E-state index in [1.54, 1.807) is 19.2 Å². The molecule has 0 radical (unpaired) electrons. The second-order valence-corrected chi connectivity index (χ2v) is 9.75. The highest BCUT2D eigenvalue weighted by Gasteiger charge is 2.27. The minimum Gasteiger partial charge on any atom is -0.496 e. The van der Waals surface area contributed by atoms with Crippen molar-refractivity contribution in [2.75, 3.05) is 7.11 Å². The van der Waals surface area contributed by atoms with Gasteiger partial charge in [-0.05, 0) is 49.2 Å². The van der Waals surface area contributed by atoms with Gasteiger partial charge in [-0.3, -0.25) is 0 Å².